The van der Waals surface area contributed by atoms with Crippen molar-refractivity contribution in [2.24, 2.45) is 0 Å². The summed E-state index contributed by atoms with van der Waals surface area (Å²) in [6, 6.07) is 0. The standard InChI is InChI=1S/C8H17PS/c1-7(2)9(10)6-4-5-8(9)3/h7-8H,4-6H2,1-3H3/t8-,9?/m0/s1. The van der Waals surface area contributed by atoms with Gasteiger partial charge in [0.1, 0.15) is 0 Å². The molecule has 1 rings (SSSR count). The van der Waals surface area contributed by atoms with E-state index < -0.39 is 6.46 Å². The molecule has 1 heterocycles. The third-order valence-corrected chi connectivity index (χ3v) is 10.2. The van der Waals surface area contributed by atoms with E-state index in [-0.39, 0.29) is 0 Å². The van der Waals surface area contributed by atoms with Crippen molar-refractivity contribution in [2.75, 3.05) is 6.16 Å². The van der Waals surface area contributed by atoms with Crippen LogP contribution < -0.4 is 0 Å². The van der Waals surface area contributed by atoms with Gasteiger partial charge in [-0.3, -0.25) is 0 Å². The minimum atomic E-state index is -0.900. The van der Waals surface area contributed by atoms with Crippen molar-refractivity contribution in [3.8, 4) is 0 Å². The molecule has 60 valence electrons. The van der Waals surface area contributed by atoms with Crippen molar-refractivity contribution in [3.63, 3.8) is 0 Å². The molecular formula is C8H17PS. The molecule has 0 bridgehead atoms. The van der Waals surface area contributed by atoms with Gasteiger partial charge in [-0.1, -0.05) is 0 Å². The first-order valence-corrected chi connectivity index (χ1v) is 7.28. The van der Waals surface area contributed by atoms with Crippen molar-refractivity contribution < 1.29 is 0 Å². The van der Waals surface area contributed by atoms with E-state index in [9.17, 15) is 0 Å². The Bertz CT molecular complexity index is 124. The van der Waals surface area contributed by atoms with Crippen LogP contribution in [0.3, 0.4) is 0 Å². The first-order valence-electron chi connectivity index (χ1n) is 4.16. The molecule has 2 atom stereocenters. The van der Waals surface area contributed by atoms with Crippen LogP contribution in [0.4, 0.5) is 0 Å². The van der Waals surface area contributed by atoms with E-state index in [2.05, 4.69) is 20.8 Å². The van der Waals surface area contributed by atoms with Crippen LogP contribution in [0.2, 0.25) is 0 Å². The third-order valence-electron chi connectivity index (χ3n) is 2.75. The maximum atomic E-state index is 5.72. The second-order valence-corrected chi connectivity index (χ2v) is 9.77. The summed E-state index contributed by atoms with van der Waals surface area (Å²) in [5, 5.41) is 0. The molecule has 0 aromatic rings. The Morgan fingerprint density at radius 3 is 2.30 bits per heavy atom. The molecule has 0 aliphatic carbocycles. The van der Waals surface area contributed by atoms with E-state index >= 15 is 0 Å². The van der Waals surface area contributed by atoms with Gasteiger partial charge in [0.25, 0.3) is 0 Å². The Hall–Kier alpha value is 0.780. The van der Waals surface area contributed by atoms with Crippen molar-refractivity contribution in [1.82, 2.24) is 0 Å². The molecule has 0 aromatic heterocycles. The molecule has 0 N–H and O–H groups in total. The monoisotopic (exact) mass is 176 g/mol. The summed E-state index contributed by atoms with van der Waals surface area (Å²) in [5.41, 5.74) is 1.67. The van der Waals surface area contributed by atoms with E-state index in [4.69, 9.17) is 12.2 Å². The maximum absolute atomic E-state index is 5.72. The average molecular weight is 176 g/mol. The van der Waals surface area contributed by atoms with Crippen LogP contribution in [-0.4, -0.2) is 17.5 Å². The maximum Gasteiger partial charge on any atom is 0.0478 e. The molecule has 1 fully saturated rings. The highest BCUT2D eigenvalue weighted by Crippen LogP contribution is 2.69. The van der Waals surface area contributed by atoms with Crippen LogP contribution in [-0.2, 0) is 12.2 Å². The topological polar surface area (TPSA) is 0 Å². The molecule has 1 aliphatic rings. The van der Waals surface area contributed by atoms with Gasteiger partial charge in [0.15, 0.2) is 0 Å². The van der Waals surface area contributed by atoms with E-state index in [1.807, 2.05) is 0 Å². The quantitative estimate of drug-likeness (QED) is 0.437. The first-order chi connectivity index (χ1) is 4.57. The lowest BCUT2D eigenvalue weighted by molar-refractivity contribution is 0.833. The summed E-state index contributed by atoms with van der Waals surface area (Å²) in [4.78, 5) is 0. The van der Waals surface area contributed by atoms with Gasteiger partial charge >= 0.3 is 0 Å². The van der Waals surface area contributed by atoms with Gasteiger partial charge < -0.3 is 12.2 Å². The van der Waals surface area contributed by atoms with Crippen LogP contribution in [0, 0.1) is 0 Å². The van der Waals surface area contributed by atoms with Crippen LogP contribution in [0.1, 0.15) is 33.6 Å². The van der Waals surface area contributed by atoms with Crippen LogP contribution >= 0.6 is 6.46 Å². The molecule has 0 spiro atoms. The number of hydrogen-bond acceptors (Lipinski definition) is 1. The van der Waals surface area contributed by atoms with E-state index in [1.165, 1.54) is 19.0 Å². The molecule has 1 unspecified atom stereocenters. The third kappa shape index (κ3) is 1.36. The van der Waals surface area contributed by atoms with E-state index in [0.29, 0.717) is 0 Å². The molecule has 10 heavy (non-hydrogen) atoms. The Morgan fingerprint density at radius 1 is 1.50 bits per heavy atom. The number of hydrogen-bond donors (Lipinski definition) is 0. The average Bonchev–Trinajstić information content (AvgIpc) is 2.15. The van der Waals surface area contributed by atoms with Gasteiger partial charge in [0, 0.05) is 17.5 Å². The molecular weight excluding hydrogens is 159 g/mol. The lowest BCUT2D eigenvalue weighted by Gasteiger charge is -2.37. The Balaban J connectivity index is 2.66. The van der Waals surface area contributed by atoms with Gasteiger partial charge in [0.05, 0.1) is 0 Å². The smallest absolute Gasteiger partial charge is 0.0478 e. The van der Waals surface area contributed by atoms with Gasteiger partial charge in [-0.2, -0.15) is 0 Å². The summed E-state index contributed by atoms with van der Waals surface area (Å²) in [6.45, 7) is 6.07. The lowest BCUT2D eigenvalue weighted by atomic mass is 10.3. The normalized spacial score (nSPS) is 41.1. The number of rotatable bonds is 1. The molecule has 1 saturated heterocycles. The summed E-state index contributed by atoms with van der Waals surface area (Å²) < 4.78 is 0. The lowest BCUT2D eigenvalue weighted by Crippen LogP contribution is -2.11. The SMILES string of the molecule is CC(C)[P+]1([S-])CCC[C@@H]1C. The Kier molecular flexibility index (Phi) is 2.69. The summed E-state index contributed by atoms with van der Waals surface area (Å²) >= 11 is 5.72. The second kappa shape index (κ2) is 3.03. The van der Waals surface area contributed by atoms with Crippen LogP contribution in [0.15, 0.2) is 0 Å². The van der Waals surface area contributed by atoms with E-state index in [1.54, 1.807) is 0 Å². The van der Waals surface area contributed by atoms with Gasteiger partial charge in [-0.05, 0) is 33.6 Å². The highest BCUT2D eigenvalue weighted by Gasteiger charge is 2.37. The van der Waals surface area contributed by atoms with Gasteiger partial charge in [0.2, 0.25) is 0 Å². The molecule has 0 nitrogen and oxygen atoms in total. The fourth-order valence-corrected chi connectivity index (χ4v) is 5.81. The Labute approximate surface area is 70.3 Å². The first kappa shape index (κ1) is 8.87. The zero-order valence-corrected chi connectivity index (χ0v) is 8.84. The summed E-state index contributed by atoms with van der Waals surface area (Å²) in [7, 11) is 0. The molecule has 0 radical (unpaired) electrons. The van der Waals surface area contributed by atoms with E-state index in [0.717, 1.165) is 11.3 Å². The van der Waals surface area contributed by atoms with Crippen molar-refractivity contribution >= 4 is 18.7 Å². The highest BCUT2D eigenvalue weighted by molar-refractivity contribution is 8.42. The minimum Gasteiger partial charge on any atom is -0.556 e. The largest absolute Gasteiger partial charge is 0.556 e. The zero-order chi connectivity index (χ0) is 7.78. The summed E-state index contributed by atoms with van der Waals surface area (Å²) in [5.74, 6) is 0. The fourth-order valence-electron chi connectivity index (χ4n) is 1.84. The van der Waals surface area contributed by atoms with Crippen molar-refractivity contribution in [3.05, 3.63) is 0 Å². The van der Waals surface area contributed by atoms with Crippen molar-refractivity contribution in [1.29, 1.82) is 0 Å². The Morgan fingerprint density at radius 2 is 2.10 bits per heavy atom. The minimum absolute atomic E-state index is 0.792. The van der Waals surface area contributed by atoms with Crippen LogP contribution in [0.25, 0.3) is 0 Å². The zero-order valence-electron chi connectivity index (χ0n) is 7.13. The van der Waals surface area contributed by atoms with Crippen LogP contribution in [0.5, 0.6) is 0 Å². The van der Waals surface area contributed by atoms with Gasteiger partial charge in [-0.25, -0.2) is 0 Å². The second-order valence-electron chi connectivity index (χ2n) is 3.66. The fraction of sp³-hybridized carbons (Fsp3) is 1.00. The molecule has 0 aromatic carbocycles. The summed E-state index contributed by atoms with van der Waals surface area (Å²) in [6.07, 6.45) is 4.17. The van der Waals surface area contributed by atoms with Gasteiger partial charge in [-0.15, -0.1) is 6.46 Å². The molecule has 1 aliphatic heterocycles. The molecule has 2 heteroatoms. The predicted octanol–water partition coefficient (Wildman–Crippen LogP) is 3.06. The predicted molar refractivity (Wildman–Crippen MR) is 53.0 cm³/mol. The van der Waals surface area contributed by atoms with Crippen molar-refractivity contribution in [2.45, 2.75) is 44.9 Å². The molecule has 0 saturated carbocycles. The highest BCUT2D eigenvalue weighted by atomic mass is 32.7. The molecule has 0 amide bonds.